The second kappa shape index (κ2) is 7.44. The largest absolute Gasteiger partial charge is 0.494 e. The number of hydrogen-bond acceptors (Lipinski definition) is 6. The summed E-state index contributed by atoms with van der Waals surface area (Å²) >= 11 is 0. The lowest BCUT2D eigenvalue weighted by Gasteiger charge is -2.31. The van der Waals surface area contributed by atoms with E-state index >= 15 is 0 Å². The molecular weight excluding hydrogens is 308 g/mol. The molecule has 0 aliphatic carbocycles. The fraction of sp³-hybridized carbons (Fsp3) is 0.471. The summed E-state index contributed by atoms with van der Waals surface area (Å²) in [6.45, 7) is 2.65. The summed E-state index contributed by atoms with van der Waals surface area (Å²) in [7, 11) is 3.34. The molecule has 7 heteroatoms. The van der Waals surface area contributed by atoms with Gasteiger partial charge in [0.05, 0.1) is 19.5 Å². The van der Waals surface area contributed by atoms with Crippen LogP contribution in [-0.2, 0) is 13.6 Å². The Morgan fingerprint density at radius 1 is 1.25 bits per heavy atom. The van der Waals surface area contributed by atoms with Crippen LogP contribution in [0.4, 0.5) is 0 Å². The minimum absolute atomic E-state index is 0.0300. The predicted octanol–water partition coefficient (Wildman–Crippen LogP) is 1.23. The molecule has 0 bridgehead atoms. The molecule has 2 aromatic rings. The molecular formula is C17H22N4O3. The van der Waals surface area contributed by atoms with Gasteiger partial charge in [-0.25, -0.2) is 0 Å². The highest BCUT2D eigenvalue weighted by molar-refractivity contribution is 5.14. The van der Waals surface area contributed by atoms with Crippen LogP contribution in [0.3, 0.4) is 0 Å². The van der Waals surface area contributed by atoms with E-state index < -0.39 is 0 Å². The first-order chi connectivity index (χ1) is 11.6. The van der Waals surface area contributed by atoms with Crippen molar-refractivity contribution in [1.29, 1.82) is 0 Å². The summed E-state index contributed by atoms with van der Waals surface area (Å²) in [5, 5.41) is 0. The zero-order valence-corrected chi connectivity index (χ0v) is 14.0. The van der Waals surface area contributed by atoms with Gasteiger partial charge in [-0.2, -0.15) is 9.97 Å². The summed E-state index contributed by atoms with van der Waals surface area (Å²) in [4.78, 5) is 22.3. The molecule has 0 atom stereocenters. The van der Waals surface area contributed by atoms with Crippen molar-refractivity contribution < 1.29 is 9.47 Å². The zero-order chi connectivity index (χ0) is 16.9. The molecule has 2 aromatic heterocycles. The molecule has 7 nitrogen and oxygen atoms in total. The average Bonchev–Trinajstić information content (AvgIpc) is 2.61. The Labute approximate surface area is 140 Å². The molecule has 1 fully saturated rings. The van der Waals surface area contributed by atoms with Crippen molar-refractivity contribution in [3.63, 3.8) is 0 Å². The maximum atomic E-state index is 11.7. The van der Waals surface area contributed by atoms with Crippen molar-refractivity contribution in [2.75, 3.05) is 20.2 Å². The van der Waals surface area contributed by atoms with Crippen molar-refractivity contribution in [1.82, 2.24) is 19.4 Å². The SMILES string of the molecule is COc1cnc(OC2CCN(Cc3ccn(C)c(=O)c3)CC2)nc1. The van der Waals surface area contributed by atoms with Gasteiger partial charge in [0.1, 0.15) is 6.10 Å². The van der Waals surface area contributed by atoms with Gasteiger partial charge in [-0.3, -0.25) is 9.69 Å². The highest BCUT2D eigenvalue weighted by atomic mass is 16.5. The number of hydrogen-bond donors (Lipinski definition) is 0. The Hall–Kier alpha value is -2.41. The normalized spacial score (nSPS) is 16.1. The van der Waals surface area contributed by atoms with E-state index in [-0.39, 0.29) is 11.7 Å². The lowest BCUT2D eigenvalue weighted by Crippen LogP contribution is -2.38. The monoisotopic (exact) mass is 330 g/mol. The van der Waals surface area contributed by atoms with Gasteiger partial charge in [0.2, 0.25) is 0 Å². The van der Waals surface area contributed by atoms with Gasteiger partial charge in [-0.15, -0.1) is 0 Å². The van der Waals surface area contributed by atoms with Crippen LogP contribution in [0.15, 0.2) is 35.5 Å². The number of ether oxygens (including phenoxy) is 2. The number of likely N-dealkylation sites (tertiary alicyclic amines) is 1. The predicted molar refractivity (Wildman–Crippen MR) is 89.2 cm³/mol. The third kappa shape index (κ3) is 4.11. The Kier molecular flexibility index (Phi) is 5.10. The van der Waals surface area contributed by atoms with Crippen molar-refractivity contribution in [2.45, 2.75) is 25.5 Å². The van der Waals surface area contributed by atoms with Gasteiger partial charge < -0.3 is 14.0 Å². The van der Waals surface area contributed by atoms with Crippen LogP contribution in [0, 0.1) is 0 Å². The van der Waals surface area contributed by atoms with Crippen molar-refractivity contribution >= 4 is 0 Å². The lowest BCUT2D eigenvalue weighted by molar-refractivity contribution is 0.0890. The summed E-state index contributed by atoms with van der Waals surface area (Å²) in [6, 6.07) is 4.09. The summed E-state index contributed by atoms with van der Waals surface area (Å²) in [5.41, 5.74) is 1.08. The highest BCUT2D eigenvalue weighted by Gasteiger charge is 2.21. The maximum Gasteiger partial charge on any atom is 0.316 e. The van der Waals surface area contributed by atoms with Crippen LogP contribution in [0.25, 0.3) is 0 Å². The van der Waals surface area contributed by atoms with Gasteiger partial charge in [0.15, 0.2) is 5.75 Å². The number of nitrogens with zero attached hydrogens (tertiary/aromatic N) is 4. The van der Waals surface area contributed by atoms with Gasteiger partial charge in [0, 0.05) is 38.9 Å². The second-order valence-corrected chi connectivity index (χ2v) is 5.98. The van der Waals surface area contributed by atoms with Crippen LogP contribution >= 0.6 is 0 Å². The number of pyridine rings is 1. The number of methoxy groups -OCH3 is 1. The van der Waals surface area contributed by atoms with E-state index in [1.54, 1.807) is 37.2 Å². The molecule has 0 saturated carbocycles. The molecule has 24 heavy (non-hydrogen) atoms. The first kappa shape index (κ1) is 16.4. The molecule has 1 saturated heterocycles. The molecule has 0 aromatic carbocycles. The number of piperidine rings is 1. The zero-order valence-electron chi connectivity index (χ0n) is 14.0. The Bertz CT molecular complexity index is 721. The van der Waals surface area contributed by atoms with Gasteiger partial charge in [0.25, 0.3) is 5.56 Å². The third-order valence-corrected chi connectivity index (χ3v) is 4.22. The molecule has 0 N–H and O–H groups in total. The van der Waals surface area contributed by atoms with E-state index in [2.05, 4.69) is 14.9 Å². The molecule has 3 rings (SSSR count). The minimum atomic E-state index is 0.0300. The first-order valence-electron chi connectivity index (χ1n) is 8.04. The Morgan fingerprint density at radius 3 is 2.58 bits per heavy atom. The highest BCUT2D eigenvalue weighted by Crippen LogP contribution is 2.18. The number of aromatic nitrogens is 3. The Balaban J connectivity index is 1.49. The summed E-state index contributed by atoms with van der Waals surface area (Å²) in [5.74, 6) is 0.617. The van der Waals surface area contributed by atoms with Crippen molar-refractivity contribution in [3.8, 4) is 11.8 Å². The molecule has 0 spiro atoms. The van der Waals surface area contributed by atoms with Crippen molar-refractivity contribution in [3.05, 3.63) is 46.6 Å². The van der Waals surface area contributed by atoms with Crippen LogP contribution in [0.5, 0.6) is 11.8 Å². The smallest absolute Gasteiger partial charge is 0.316 e. The molecule has 1 aliphatic heterocycles. The van der Waals surface area contributed by atoms with Gasteiger partial charge in [-0.1, -0.05) is 0 Å². The molecule has 128 valence electrons. The standard InChI is InChI=1S/C17H22N4O3/c1-20-6-3-13(9-16(20)22)12-21-7-4-14(5-8-21)24-17-18-10-15(23-2)11-19-17/h3,6,9-11,14H,4-5,7-8,12H2,1-2H3. The number of rotatable bonds is 5. The second-order valence-electron chi connectivity index (χ2n) is 5.98. The van der Waals surface area contributed by atoms with Crippen LogP contribution in [0.2, 0.25) is 0 Å². The first-order valence-corrected chi connectivity index (χ1v) is 8.04. The van der Waals surface area contributed by atoms with Gasteiger partial charge >= 0.3 is 6.01 Å². The Morgan fingerprint density at radius 2 is 1.96 bits per heavy atom. The van der Waals surface area contributed by atoms with Crippen LogP contribution < -0.4 is 15.0 Å². The minimum Gasteiger partial charge on any atom is -0.494 e. The fourth-order valence-corrected chi connectivity index (χ4v) is 2.75. The molecule has 0 amide bonds. The molecule has 0 radical (unpaired) electrons. The molecule has 1 aliphatic rings. The third-order valence-electron chi connectivity index (χ3n) is 4.22. The maximum absolute atomic E-state index is 11.7. The van der Waals surface area contributed by atoms with Crippen LogP contribution in [-0.4, -0.2) is 45.7 Å². The number of aryl methyl sites for hydroxylation is 1. The van der Waals surface area contributed by atoms with Crippen molar-refractivity contribution in [2.24, 2.45) is 7.05 Å². The average molecular weight is 330 g/mol. The topological polar surface area (TPSA) is 69.5 Å². The van der Waals surface area contributed by atoms with Crippen LogP contribution in [0.1, 0.15) is 18.4 Å². The summed E-state index contributed by atoms with van der Waals surface area (Å²) < 4.78 is 12.4. The van der Waals surface area contributed by atoms with E-state index in [0.717, 1.165) is 38.0 Å². The molecule has 3 heterocycles. The fourth-order valence-electron chi connectivity index (χ4n) is 2.75. The van der Waals surface area contributed by atoms with E-state index in [4.69, 9.17) is 9.47 Å². The quantitative estimate of drug-likeness (QED) is 0.821. The molecule has 0 unspecified atom stereocenters. The van der Waals surface area contributed by atoms with E-state index in [9.17, 15) is 4.79 Å². The van der Waals surface area contributed by atoms with E-state index in [1.165, 1.54) is 0 Å². The van der Waals surface area contributed by atoms with E-state index in [0.29, 0.717) is 11.8 Å². The van der Waals surface area contributed by atoms with Gasteiger partial charge in [-0.05, 0) is 24.5 Å². The lowest BCUT2D eigenvalue weighted by atomic mass is 10.1. The van der Waals surface area contributed by atoms with E-state index in [1.807, 2.05) is 12.3 Å². The summed E-state index contributed by atoms with van der Waals surface area (Å²) in [6.07, 6.45) is 6.98.